The Kier molecular flexibility index (Phi) is 5.56. The molecule has 25 heavy (non-hydrogen) atoms. The highest BCUT2D eigenvalue weighted by Crippen LogP contribution is 2.17. The number of rotatable bonds is 7. The molecule has 1 amide bonds. The molecule has 0 saturated carbocycles. The third kappa shape index (κ3) is 4.53. The van der Waals surface area contributed by atoms with Gasteiger partial charge in [-0.15, -0.1) is 0 Å². The van der Waals surface area contributed by atoms with Crippen LogP contribution >= 0.6 is 0 Å². The lowest BCUT2D eigenvalue weighted by Gasteiger charge is -2.06. The van der Waals surface area contributed by atoms with Gasteiger partial charge in [0.2, 0.25) is 0 Å². The first-order valence-electron chi connectivity index (χ1n) is 8.09. The minimum Gasteiger partial charge on any atom is -0.361 e. The summed E-state index contributed by atoms with van der Waals surface area (Å²) in [5, 5.41) is 13.1. The predicted molar refractivity (Wildman–Crippen MR) is 96.9 cm³/mol. The molecule has 0 radical (unpaired) electrons. The smallest absolute Gasteiger partial charge is 0.267 e. The van der Waals surface area contributed by atoms with E-state index < -0.39 is 5.91 Å². The van der Waals surface area contributed by atoms with Gasteiger partial charge in [0.25, 0.3) is 5.91 Å². The lowest BCUT2D eigenvalue weighted by molar-refractivity contribution is -0.124. The third-order valence-electron chi connectivity index (χ3n) is 3.95. The second kappa shape index (κ2) is 8.23. The van der Waals surface area contributed by atoms with Gasteiger partial charge in [-0.05, 0) is 48.4 Å². The molecule has 3 rings (SSSR count). The Hall–Kier alpha value is -2.96. The molecule has 0 bridgehead atoms. The number of carbonyl (C=O) groups is 1. The van der Waals surface area contributed by atoms with E-state index in [9.17, 15) is 4.79 Å². The molecule has 0 aliphatic carbocycles. The highest BCUT2D eigenvalue weighted by molar-refractivity contribution is 5.90. The van der Waals surface area contributed by atoms with Crippen LogP contribution in [0.1, 0.15) is 16.8 Å². The number of fused-ring (bicyclic) bond motifs is 1. The number of hydrogen-bond acceptors (Lipinski definition) is 4. The zero-order valence-corrected chi connectivity index (χ0v) is 13.7. The highest BCUT2D eigenvalue weighted by Gasteiger charge is 2.01. The SMILES string of the molecule is O=C(/C=C/c1ccc(CNCCc2cccc3[nH]ccc23)nc1)NO. The third-order valence-corrected chi connectivity index (χ3v) is 3.95. The fraction of sp³-hybridized carbons (Fsp3) is 0.158. The molecule has 0 fully saturated rings. The van der Waals surface area contributed by atoms with Gasteiger partial charge in [0.1, 0.15) is 0 Å². The van der Waals surface area contributed by atoms with Crippen LogP contribution in [0, 0.1) is 0 Å². The van der Waals surface area contributed by atoms with Gasteiger partial charge in [-0.3, -0.25) is 15.0 Å². The van der Waals surface area contributed by atoms with E-state index in [2.05, 4.69) is 39.6 Å². The molecule has 4 N–H and O–H groups in total. The molecule has 0 unspecified atom stereocenters. The zero-order chi connectivity index (χ0) is 17.5. The van der Waals surface area contributed by atoms with E-state index >= 15 is 0 Å². The summed E-state index contributed by atoms with van der Waals surface area (Å²) in [5.41, 5.74) is 5.76. The molecular weight excluding hydrogens is 316 g/mol. The molecule has 0 aliphatic heterocycles. The maximum absolute atomic E-state index is 10.9. The van der Waals surface area contributed by atoms with Gasteiger partial charge >= 0.3 is 0 Å². The summed E-state index contributed by atoms with van der Waals surface area (Å²) in [6, 6.07) is 12.2. The van der Waals surface area contributed by atoms with Gasteiger partial charge in [-0.25, -0.2) is 5.48 Å². The van der Waals surface area contributed by atoms with Crippen molar-refractivity contribution in [2.75, 3.05) is 6.54 Å². The molecule has 6 nitrogen and oxygen atoms in total. The van der Waals surface area contributed by atoms with Crippen molar-refractivity contribution in [1.29, 1.82) is 0 Å². The summed E-state index contributed by atoms with van der Waals surface area (Å²) < 4.78 is 0. The van der Waals surface area contributed by atoms with Gasteiger partial charge in [-0.1, -0.05) is 18.2 Å². The van der Waals surface area contributed by atoms with Crippen molar-refractivity contribution < 1.29 is 10.0 Å². The van der Waals surface area contributed by atoms with E-state index in [4.69, 9.17) is 5.21 Å². The fourth-order valence-corrected chi connectivity index (χ4v) is 2.66. The molecule has 6 heteroatoms. The standard InChI is InChI=1S/C19H20N4O2/c24-19(23-25)7-5-14-4-6-16(22-12-14)13-20-10-8-15-2-1-3-18-17(15)9-11-21-18/h1-7,9,11-12,20-21,25H,8,10,13H2,(H,23,24)/b7-5+. The molecule has 3 aromatic rings. The first kappa shape index (κ1) is 16.9. The van der Waals surface area contributed by atoms with Crippen LogP contribution in [-0.4, -0.2) is 27.6 Å². The lowest BCUT2D eigenvalue weighted by atomic mass is 10.1. The Balaban J connectivity index is 1.48. The molecule has 128 valence electrons. The van der Waals surface area contributed by atoms with Gasteiger partial charge in [0.15, 0.2) is 0 Å². The molecular formula is C19H20N4O2. The minimum atomic E-state index is -0.566. The Labute approximate surface area is 145 Å². The number of carbonyl (C=O) groups excluding carboxylic acids is 1. The number of hydrogen-bond donors (Lipinski definition) is 4. The molecule has 2 heterocycles. The maximum atomic E-state index is 10.9. The minimum absolute atomic E-state index is 0.566. The second-order valence-corrected chi connectivity index (χ2v) is 5.68. The lowest BCUT2D eigenvalue weighted by Crippen LogP contribution is -2.17. The van der Waals surface area contributed by atoms with Crippen molar-refractivity contribution in [2.24, 2.45) is 0 Å². The van der Waals surface area contributed by atoms with Crippen molar-refractivity contribution in [3.05, 3.63) is 71.7 Å². The monoisotopic (exact) mass is 336 g/mol. The number of hydroxylamine groups is 1. The van der Waals surface area contributed by atoms with Crippen molar-refractivity contribution in [2.45, 2.75) is 13.0 Å². The Bertz CT molecular complexity index is 869. The highest BCUT2D eigenvalue weighted by atomic mass is 16.5. The zero-order valence-electron chi connectivity index (χ0n) is 13.7. The number of benzene rings is 1. The van der Waals surface area contributed by atoms with Crippen LogP contribution in [-0.2, 0) is 17.8 Å². The molecule has 0 saturated heterocycles. The van der Waals surface area contributed by atoms with E-state index in [0.29, 0.717) is 6.54 Å². The predicted octanol–water partition coefficient (Wildman–Crippen LogP) is 2.41. The largest absolute Gasteiger partial charge is 0.361 e. The van der Waals surface area contributed by atoms with Crippen LogP contribution in [0.3, 0.4) is 0 Å². The van der Waals surface area contributed by atoms with Crippen LogP contribution in [0.2, 0.25) is 0 Å². The number of nitrogens with zero attached hydrogens (tertiary/aromatic N) is 1. The van der Waals surface area contributed by atoms with Crippen LogP contribution in [0.25, 0.3) is 17.0 Å². The average Bonchev–Trinajstić information content (AvgIpc) is 3.13. The van der Waals surface area contributed by atoms with E-state index in [1.165, 1.54) is 17.0 Å². The summed E-state index contributed by atoms with van der Waals surface area (Å²) in [6.45, 7) is 1.55. The van der Waals surface area contributed by atoms with Crippen molar-refractivity contribution in [3.63, 3.8) is 0 Å². The number of amides is 1. The van der Waals surface area contributed by atoms with E-state index in [0.717, 1.165) is 29.7 Å². The van der Waals surface area contributed by atoms with E-state index in [1.807, 2.05) is 18.3 Å². The van der Waals surface area contributed by atoms with Crippen molar-refractivity contribution in [1.82, 2.24) is 20.8 Å². The topological polar surface area (TPSA) is 90.0 Å². The van der Waals surface area contributed by atoms with Crippen molar-refractivity contribution >= 4 is 22.9 Å². The summed E-state index contributed by atoms with van der Waals surface area (Å²) in [6.07, 6.45) is 7.44. The average molecular weight is 336 g/mol. The normalized spacial score (nSPS) is 11.2. The molecule has 0 aliphatic rings. The van der Waals surface area contributed by atoms with E-state index in [-0.39, 0.29) is 0 Å². The van der Waals surface area contributed by atoms with Crippen LogP contribution < -0.4 is 10.8 Å². The second-order valence-electron chi connectivity index (χ2n) is 5.68. The first-order valence-corrected chi connectivity index (χ1v) is 8.09. The van der Waals surface area contributed by atoms with Gasteiger partial charge in [0.05, 0.1) is 5.69 Å². The number of H-pyrrole nitrogens is 1. The van der Waals surface area contributed by atoms with Crippen LogP contribution in [0.4, 0.5) is 0 Å². The van der Waals surface area contributed by atoms with Gasteiger partial charge < -0.3 is 10.3 Å². The fourth-order valence-electron chi connectivity index (χ4n) is 2.66. The Morgan fingerprint density at radius 3 is 2.96 bits per heavy atom. The molecule has 0 atom stereocenters. The van der Waals surface area contributed by atoms with Crippen LogP contribution in [0.15, 0.2) is 54.9 Å². The Morgan fingerprint density at radius 2 is 2.16 bits per heavy atom. The summed E-state index contributed by atoms with van der Waals surface area (Å²) in [5.74, 6) is -0.566. The summed E-state index contributed by atoms with van der Waals surface area (Å²) >= 11 is 0. The van der Waals surface area contributed by atoms with Gasteiger partial charge in [-0.2, -0.15) is 0 Å². The number of aromatic amines is 1. The maximum Gasteiger partial charge on any atom is 0.267 e. The first-order chi connectivity index (χ1) is 12.3. The van der Waals surface area contributed by atoms with E-state index in [1.54, 1.807) is 17.8 Å². The van der Waals surface area contributed by atoms with Crippen LogP contribution in [0.5, 0.6) is 0 Å². The number of nitrogens with one attached hydrogen (secondary N) is 3. The molecule has 0 spiro atoms. The molecule has 2 aromatic heterocycles. The molecule has 1 aromatic carbocycles. The summed E-state index contributed by atoms with van der Waals surface area (Å²) in [7, 11) is 0. The number of aromatic nitrogens is 2. The summed E-state index contributed by atoms with van der Waals surface area (Å²) in [4.78, 5) is 18.5. The number of pyridine rings is 1. The Morgan fingerprint density at radius 1 is 1.24 bits per heavy atom. The quantitative estimate of drug-likeness (QED) is 0.231. The van der Waals surface area contributed by atoms with Gasteiger partial charge in [0, 0.05) is 35.9 Å². The van der Waals surface area contributed by atoms with Crippen molar-refractivity contribution in [3.8, 4) is 0 Å².